The number of carbonyl (C=O) groups excluding carboxylic acids is 1. The third-order valence-electron chi connectivity index (χ3n) is 7.05. The van der Waals surface area contributed by atoms with E-state index < -0.39 is 70.2 Å². The average Bonchev–Trinajstić information content (AvgIpc) is 3.72. The van der Waals surface area contributed by atoms with Crippen molar-refractivity contribution in [1.82, 2.24) is 34.5 Å². The molecule has 7 rings (SSSR count). The number of halogens is 1. The summed E-state index contributed by atoms with van der Waals surface area (Å²) in [7, 11) is -2.86. The molecule has 4 aliphatic heterocycles. The molecule has 19 nitrogen and oxygen atoms in total. The predicted octanol–water partition coefficient (Wildman–Crippen LogP) is 0.497. The second-order valence-corrected chi connectivity index (χ2v) is 13.5. The van der Waals surface area contributed by atoms with E-state index in [-0.39, 0.29) is 53.9 Å². The van der Waals surface area contributed by atoms with E-state index in [0.29, 0.717) is 0 Å². The molecule has 4 N–H and O–H groups in total. The van der Waals surface area contributed by atoms with Crippen molar-refractivity contribution in [2.24, 2.45) is 4.99 Å². The van der Waals surface area contributed by atoms with Gasteiger partial charge in [0.25, 0.3) is 5.56 Å². The van der Waals surface area contributed by atoms with Crippen LogP contribution in [0.1, 0.15) is 35.8 Å². The molecule has 43 heavy (non-hydrogen) atoms. The number of nitrogens with one attached hydrogen (secondary N) is 1. The summed E-state index contributed by atoms with van der Waals surface area (Å²) in [4.78, 5) is 49.9. The lowest BCUT2D eigenvalue weighted by Crippen LogP contribution is -2.34. The van der Waals surface area contributed by atoms with Gasteiger partial charge in [0.1, 0.15) is 18.8 Å². The summed E-state index contributed by atoms with van der Waals surface area (Å²) in [5.74, 6) is -0.535. The summed E-state index contributed by atoms with van der Waals surface area (Å²) in [6, 6.07) is 0. The Bertz CT molecular complexity index is 1770. The number of hydrogen-bond donors (Lipinski definition) is 3. The quantitative estimate of drug-likeness (QED) is 0.317. The fourth-order valence-corrected chi connectivity index (χ4v) is 7.35. The summed E-state index contributed by atoms with van der Waals surface area (Å²) in [6.45, 7) is -4.99. The van der Waals surface area contributed by atoms with E-state index in [2.05, 4.69) is 30.3 Å². The van der Waals surface area contributed by atoms with Gasteiger partial charge in [0.2, 0.25) is 5.95 Å². The summed E-state index contributed by atoms with van der Waals surface area (Å²) in [6.07, 6.45) is -6.44. The van der Waals surface area contributed by atoms with Crippen LogP contribution in [-0.2, 0) is 43.9 Å². The maximum atomic E-state index is 15.8. The molecule has 228 valence electrons. The van der Waals surface area contributed by atoms with Gasteiger partial charge in [-0.2, -0.15) is 9.67 Å². The number of nitrogens with zero attached hydrogens (tertiary/aromatic N) is 7. The first kappa shape index (κ1) is 28.8. The van der Waals surface area contributed by atoms with Gasteiger partial charge in [-0.1, -0.05) is 5.21 Å². The lowest BCUT2D eigenvalue weighted by Gasteiger charge is -2.24. The Balaban J connectivity index is 1.15. The largest absolute Gasteiger partial charge is 0.697 e. The third kappa shape index (κ3) is 5.24. The van der Waals surface area contributed by atoms with Crippen LogP contribution in [0, 0.1) is 0 Å². The van der Waals surface area contributed by atoms with E-state index in [1.54, 1.807) is 0 Å². The Hall–Kier alpha value is -2.97. The lowest BCUT2D eigenvalue weighted by atomic mass is 10.1. The number of rotatable bonds is 2. The zero-order valence-corrected chi connectivity index (χ0v) is 24.1. The number of aromatic nitrogens is 7. The van der Waals surface area contributed by atoms with E-state index in [0.717, 1.165) is 4.68 Å². The number of aromatic amines is 1. The van der Waals surface area contributed by atoms with Gasteiger partial charge in [0.15, 0.2) is 53.2 Å². The average molecular weight is 660 g/mol. The van der Waals surface area contributed by atoms with Crippen LogP contribution in [0.2, 0.25) is 0 Å². The lowest BCUT2D eigenvalue weighted by molar-refractivity contribution is -0.0592. The molecular weight excluding hydrogens is 639 g/mol. The second kappa shape index (κ2) is 10.9. The van der Waals surface area contributed by atoms with Gasteiger partial charge in [-0.05, 0) is 11.8 Å². The number of nitrogen functional groups attached to an aromatic ring is 1. The first-order valence-corrected chi connectivity index (χ1v) is 16.4. The minimum absolute atomic E-state index is 0.0160. The topological polar surface area (TPSA) is 242 Å². The van der Waals surface area contributed by atoms with Gasteiger partial charge < -0.3 is 24.6 Å². The summed E-state index contributed by atoms with van der Waals surface area (Å²) >= 11 is 5.16. The highest BCUT2D eigenvalue weighted by Gasteiger charge is 2.53. The number of H-pyrrole nitrogens is 1. The Kier molecular flexibility index (Phi) is 7.28. The molecule has 7 heterocycles. The number of carbonyl (C=O) groups is 1. The Morgan fingerprint density at radius 1 is 1.23 bits per heavy atom. The monoisotopic (exact) mass is 660 g/mol. The molecule has 3 aromatic heterocycles. The van der Waals surface area contributed by atoms with Gasteiger partial charge in [-0.15, -0.1) is 14.1 Å². The molecular formula is C20H21FN9O10P2S+. The zero-order valence-electron chi connectivity index (χ0n) is 21.5. The first-order chi connectivity index (χ1) is 20.6. The van der Waals surface area contributed by atoms with Crippen molar-refractivity contribution in [3.05, 3.63) is 22.4 Å². The maximum Gasteiger partial charge on any atom is 0.697 e. The molecule has 3 aromatic rings. The van der Waals surface area contributed by atoms with Gasteiger partial charge in [-0.3, -0.25) is 23.7 Å². The molecule has 23 heteroatoms. The molecule has 2 bridgehead atoms. The van der Waals surface area contributed by atoms with Crippen LogP contribution in [0.5, 0.6) is 0 Å². The highest BCUT2D eigenvalue weighted by atomic mass is 32.5. The predicted molar refractivity (Wildman–Crippen MR) is 143 cm³/mol. The molecule has 0 aromatic carbocycles. The van der Waals surface area contributed by atoms with E-state index >= 15 is 4.39 Å². The van der Waals surface area contributed by atoms with Gasteiger partial charge in [0, 0.05) is 23.6 Å². The molecule has 9 atom stereocenters. The van der Waals surface area contributed by atoms with E-state index in [9.17, 15) is 19.0 Å². The number of imidazole rings is 1. The van der Waals surface area contributed by atoms with Crippen molar-refractivity contribution in [2.75, 3.05) is 18.9 Å². The summed E-state index contributed by atoms with van der Waals surface area (Å²) < 4.78 is 65.1. The minimum Gasteiger partial charge on any atom is -0.369 e. The van der Waals surface area contributed by atoms with Crippen LogP contribution in [0.15, 0.2) is 16.1 Å². The van der Waals surface area contributed by atoms with Crippen molar-refractivity contribution >= 4 is 61.7 Å². The molecule has 0 amide bonds. The molecule has 3 saturated heterocycles. The zero-order chi connectivity index (χ0) is 30.0. The number of ether oxygens (including phenoxy) is 2. The molecule has 0 spiro atoms. The van der Waals surface area contributed by atoms with Crippen molar-refractivity contribution in [3.8, 4) is 0 Å². The van der Waals surface area contributed by atoms with Crippen molar-refractivity contribution < 1.29 is 46.2 Å². The van der Waals surface area contributed by atoms with Gasteiger partial charge in [0.05, 0.1) is 19.0 Å². The fourth-order valence-electron chi connectivity index (χ4n) is 5.15. The number of hydrogen-bond acceptors (Lipinski definition) is 16. The molecule has 3 fully saturated rings. The van der Waals surface area contributed by atoms with Crippen LogP contribution in [0.4, 0.5) is 16.2 Å². The fraction of sp³-hybridized carbons (Fsp3) is 0.550. The summed E-state index contributed by atoms with van der Waals surface area (Å²) in [5.41, 5.74) is 5.13. The second-order valence-electron chi connectivity index (χ2n) is 9.81. The van der Waals surface area contributed by atoms with E-state index in [4.69, 9.17) is 45.1 Å². The number of aliphatic imine (C=N–C) groups is 1. The van der Waals surface area contributed by atoms with Crippen LogP contribution in [0.3, 0.4) is 0 Å². The standard InChI is InChI=1S/C20H20FN9O10P2S/c21-11-14-10(38-19(11)30-15-12(27-28-30)8(31)1-2-23-15)5-35-41(33)39-9-3-7(4-36-42(34,43)40-14)37-18(9)29-6-24-13-16(29)25-20(22)26-17(13)32/h2,6-7,9-11,14,18-19H,1,3-5H2,(H3-,22,25,26,32,34,43)/p+1/t7-,9+,10+,11-,14+,18+,19+,42?/m0/s1. The van der Waals surface area contributed by atoms with Crippen LogP contribution < -0.4 is 11.3 Å². The first-order valence-electron chi connectivity index (χ1n) is 12.7. The Morgan fingerprint density at radius 3 is 2.91 bits per heavy atom. The van der Waals surface area contributed by atoms with E-state index in [1.165, 1.54) is 17.1 Å². The molecule has 4 aliphatic rings. The minimum atomic E-state index is -4.13. The number of ketones is 1. The number of fused-ring (bicyclic) bond motifs is 5. The number of nitrogens with two attached hydrogens (primary N) is 1. The number of Topliss-reactive ketones (excluding diaryl/α,β-unsaturated/α-hetero) is 1. The maximum absolute atomic E-state index is 15.8. The Labute approximate surface area is 244 Å². The number of alkyl halides is 1. The van der Waals surface area contributed by atoms with Crippen molar-refractivity contribution in [2.45, 2.75) is 55.9 Å². The van der Waals surface area contributed by atoms with Gasteiger partial charge in [-0.25, -0.2) is 14.4 Å². The van der Waals surface area contributed by atoms with Crippen molar-refractivity contribution in [1.29, 1.82) is 0 Å². The number of anilines is 1. The molecule has 0 aliphatic carbocycles. The SMILES string of the molecule is Nc1nc2c(ncn2[C@@H]2O[C@@H]3COP(O)(=S)O[C@H]4[C@H](F)[C@H](n5nnc6c5N=CCC6=O)O[C@@H]4CO[P+](=O)O[C@@H]2C3)c(=O)[nH]1. The summed E-state index contributed by atoms with van der Waals surface area (Å²) in [5, 5.41) is 7.61. The molecule has 2 unspecified atom stereocenters. The smallest absolute Gasteiger partial charge is 0.369 e. The molecule has 0 saturated carbocycles. The third-order valence-corrected chi connectivity index (χ3v) is 9.41. The highest BCUT2D eigenvalue weighted by Crippen LogP contribution is 2.51. The van der Waals surface area contributed by atoms with Crippen LogP contribution in [-0.4, -0.2) is 95.2 Å². The Morgan fingerprint density at radius 2 is 2.07 bits per heavy atom. The normalized spacial score (nSPS) is 35.7. The van der Waals surface area contributed by atoms with Crippen LogP contribution >= 0.6 is 15.0 Å². The molecule has 0 radical (unpaired) electrons. The van der Waals surface area contributed by atoms with E-state index in [1.807, 2.05) is 0 Å². The highest BCUT2D eigenvalue weighted by molar-refractivity contribution is 8.07. The van der Waals surface area contributed by atoms with Crippen molar-refractivity contribution in [3.63, 3.8) is 0 Å². The van der Waals surface area contributed by atoms with Crippen LogP contribution in [0.25, 0.3) is 11.2 Å². The van der Waals surface area contributed by atoms with Gasteiger partial charge >= 0.3 is 15.0 Å².